The van der Waals surface area contributed by atoms with Gasteiger partial charge in [0.2, 0.25) is 5.91 Å². The lowest BCUT2D eigenvalue weighted by Gasteiger charge is -2.26. The Bertz CT molecular complexity index is 1040. The van der Waals surface area contributed by atoms with Crippen LogP contribution in [0.25, 0.3) is 10.9 Å². The number of morpholine rings is 1. The van der Waals surface area contributed by atoms with Crippen LogP contribution in [0.2, 0.25) is 5.02 Å². The Morgan fingerprint density at radius 3 is 2.75 bits per heavy atom. The van der Waals surface area contributed by atoms with Crippen molar-refractivity contribution in [2.75, 3.05) is 39.4 Å². The van der Waals surface area contributed by atoms with Crippen molar-refractivity contribution in [2.45, 2.75) is 32.2 Å². The molecule has 1 saturated heterocycles. The average molecular weight is 454 g/mol. The number of fused-ring (bicyclic) bond motifs is 1. The van der Waals surface area contributed by atoms with E-state index in [1.165, 1.54) is 16.5 Å². The minimum Gasteiger partial charge on any atom is -0.379 e. The van der Waals surface area contributed by atoms with E-state index in [9.17, 15) is 4.79 Å². The number of hydrogen-bond acceptors (Lipinski definition) is 3. The number of amides is 1. The molecule has 1 aliphatic rings. The van der Waals surface area contributed by atoms with E-state index in [0.717, 1.165) is 51.4 Å². The number of aryl methyl sites for hydroxylation is 1. The van der Waals surface area contributed by atoms with Crippen LogP contribution in [-0.4, -0.2) is 54.8 Å². The Morgan fingerprint density at radius 1 is 1.16 bits per heavy atom. The quantitative estimate of drug-likeness (QED) is 0.479. The second-order valence-electron chi connectivity index (χ2n) is 8.36. The Kier molecular flexibility index (Phi) is 7.85. The monoisotopic (exact) mass is 453 g/mol. The van der Waals surface area contributed by atoms with Crippen LogP contribution < -0.4 is 5.32 Å². The van der Waals surface area contributed by atoms with Gasteiger partial charge in [-0.2, -0.15) is 0 Å². The molecule has 5 nitrogen and oxygen atoms in total. The van der Waals surface area contributed by atoms with Crippen LogP contribution in [-0.2, 0) is 16.1 Å². The summed E-state index contributed by atoms with van der Waals surface area (Å²) >= 11 is 6.32. The zero-order valence-corrected chi connectivity index (χ0v) is 19.5. The molecule has 0 aliphatic carbocycles. The largest absolute Gasteiger partial charge is 0.379 e. The summed E-state index contributed by atoms with van der Waals surface area (Å²) in [7, 11) is 0. The highest BCUT2D eigenvalue weighted by Gasteiger charge is 2.23. The number of aromatic nitrogens is 1. The van der Waals surface area contributed by atoms with Crippen LogP contribution in [0.15, 0.2) is 54.7 Å². The SMILES string of the molecule is CCn1cc(C(CC(=O)NCCCN2CCOCC2)c2cccc(Cl)c2)c2ccccc21. The molecular weight excluding hydrogens is 422 g/mol. The number of para-hydroxylation sites is 1. The molecule has 1 aliphatic heterocycles. The number of benzene rings is 2. The first kappa shape index (κ1) is 22.8. The second-order valence-corrected chi connectivity index (χ2v) is 8.79. The van der Waals surface area contributed by atoms with Gasteiger partial charge < -0.3 is 14.6 Å². The van der Waals surface area contributed by atoms with Crippen molar-refractivity contribution in [3.8, 4) is 0 Å². The third-order valence-corrected chi connectivity index (χ3v) is 6.49. The molecule has 1 atom stereocenters. The van der Waals surface area contributed by atoms with Crippen LogP contribution >= 0.6 is 11.6 Å². The Labute approximate surface area is 195 Å². The van der Waals surface area contributed by atoms with E-state index in [4.69, 9.17) is 16.3 Å². The molecule has 0 saturated carbocycles. The molecular formula is C26H32ClN3O2. The lowest BCUT2D eigenvalue weighted by atomic mass is 9.88. The van der Waals surface area contributed by atoms with Crippen LogP contribution in [0, 0.1) is 0 Å². The van der Waals surface area contributed by atoms with Crippen molar-refractivity contribution in [3.05, 3.63) is 70.9 Å². The molecule has 0 spiro atoms. The number of nitrogens with one attached hydrogen (secondary N) is 1. The molecule has 0 radical (unpaired) electrons. The van der Waals surface area contributed by atoms with Crippen molar-refractivity contribution in [1.29, 1.82) is 0 Å². The number of rotatable bonds is 9. The van der Waals surface area contributed by atoms with Crippen molar-refractivity contribution in [3.63, 3.8) is 0 Å². The summed E-state index contributed by atoms with van der Waals surface area (Å²) in [6.07, 6.45) is 3.54. The first-order valence-corrected chi connectivity index (χ1v) is 11.9. The highest BCUT2D eigenvalue weighted by Crippen LogP contribution is 2.35. The molecule has 2 heterocycles. The summed E-state index contributed by atoms with van der Waals surface area (Å²) in [5, 5.41) is 5.03. The fourth-order valence-corrected chi connectivity index (χ4v) is 4.76. The van der Waals surface area contributed by atoms with Gasteiger partial charge in [-0.15, -0.1) is 0 Å². The van der Waals surface area contributed by atoms with Crippen molar-refractivity contribution >= 4 is 28.4 Å². The maximum absolute atomic E-state index is 13.0. The summed E-state index contributed by atoms with van der Waals surface area (Å²) in [5.41, 5.74) is 3.44. The van der Waals surface area contributed by atoms with E-state index in [2.05, 4.69) is 58.2 Å². The normalized spacial score (nSPS) is 15.7. The maximum Gasteiger partial charge on any atom is 0.220 e. The summed E-state index contributed by atoms with van der Waals surface area (Å²) in [5.74, 6) is 0.0240. The summed E-state index contributed by atoms with van der Waals surface area (Å²) < 4.78 is 7.65. The van der Waals surface area contributed by atoms with Gasteiger partial charge in [0, 0.05) is 60.6 Å². The molecule has 6 heteroatoms. The lowest BCUT2D eigenvalue weighted by Crippen LogP contribution is -2.38. The smallest absolute Gasteiger partial charge is 0.220 e. The van der Waals surface area contributed by atoms with Gasteiger partial charge in [-0.05, 0) is 49.2 Å². The molecule has 0 bridgehead atoms. The minimum absolute atomic E-state index is 0.0503. The van der Waals surface area contributed by atoms with E-state index in [-0.39, 0.29) is 11.8 Å². The van der Waals surface area contributed by atoms with E-state index >= 15 is 0 Å². The average Bonchev–Trinajstić information content (AvgIpc) is 3.19. The topological polar surface area (TPSA) is 46.5 Å². The van der Waals surface area contributed by atoms with Crippen molar-refractivity contribution in [1.82, 2.24) is 14.8 Å². The predicted molar refractivity (Wildman–Crippen MR) is 130 cm³/mol. The summed E-state index contributed by atoms with van der Waals surface area (Å²) in [6.45, 7) is 8.28. The number of hydrogen-bond donors (Lipinski definition) is 1. The van der Waals surface area contributed by atoms with Crippen molar-refractivity contribution < 1.29 is 9.53 Å². The molecule has 2 aromatic carbocycles. The first-order valence-electron chi connectivity index (χ1n) is 11.6. The molecule has 170 valence electrons. The number of carbonyl (C=O) groups excluding carboxylic acids is 1. The molecule has 1 amide bonds. The maximum atomic E-state index is 13.0. The number of carbonyl (C=O) groups is 1. The van der Waals surface area contributed by atoms with Crippen LogP contribution in [0.5, 0.6) is 0 Å². The number of ether oxygens (including phenoxy) is 1. The van der Waals surface area contributed by atoms with Crippen LogP contribution in [0.4, 0.5) is 0 Å². The van der Waals surface area contributed by atoms with E-state index in [0.29, 0.717) is 18.0 Å². The standard InChI is InChI=1S/C26H32ClN3O2/c1-2-30-19-24(22-9-3-4-10-25(22)30)23(20-7-5-8-21(27)17-20)18-26(31)28-11-6-12-29-13-15-32-16-14-29/h3-5,7-10,17,19,23H,2,6,11-16,18H2,1H3,(H,28,31). The predicted octanol–water partition coefficient (Wildman–Crippen LogP) is 4.68. The Morgan fingerprint density at radius 2 is 1.97 bits per heavy atom. The molecule has 3 aromatic rings. The molecule has 1 N–H and O–H groups in total. The van der Waals surface area contributed by atoms with Gasteiger partial charge in [0.25, 0.3) is 0 Å². The molecule has 32 heavy (non-hydrogen) atoms. The zero-order chi connectivity index (χ0) is 22.3. The van der Waals surface area contributed by atoms with Gasteiger partial charge in [-0.1, -0.05) is 41.9 Å². The van der Waals surface area contributed by atoms with Crippen LogP contribution in [0.3, 0.4) is 0 Å². The number of halogens is 1. The van der Waals surface area contributed by atoms with Gasteiger partial charge in [-0.3, -0.25) is 9.69 Å². The van der Waals surface area contributed by atoms with Gasteiger partial charge >= 0.3 is 0 Å². The summed E-state index contributed by atoms with van der Waals surface area (Å²) in [4.78, 5) is 15.4. The van der Waals surface area contributed by atoms with Crippen LogP contribution in [0.1, 0.15) is 36.8 Å². The van der Waals surface area contributed by atoms with E-state index in [1.807, 2.05) is 18.2 Å². The first-order chi connectivity index (χ1) is 15.7. The number of nitrogens with zero attached hydrogens (tertiary/aromatic N) is 2. The Balaban J connectivity index is 1.49. The van der Waals surface area contributed by atoms with E-state index in [1.54, 1.807) is 0 Å². The lowest BCUT2D eigenvalue weighted by molar-refractivity contribution is -0.121. The molecule has 1 fully saturated rings. The fraction of sp³-hybridized carbons (Fsp3) is 0.423. The third kappa shape index (κ3) is 5.52. The molecule has 1 unspecified atom stereocenters. The fourth-order valence-electron chi connectivity index (χ4n) is 4.56. The highest BCUT2D eigenvalue weighted by molar-refractivity contribution is 6.30. The summed E-state index contributed by atoms with van der Waals surface area (Å²) in [6, 6.07) is 16.3. The minimum atomic E-state index is -0.0503. The zero-order valence-electron chi connectivity index (χ0n) is 18.7. The molecule has 1 aromatic heterocycles. The Hall–Kier alpha value is -2.34. The molecule has 4 rings (SSSR count). The van der Waals surface area contributed by atoms with Crippen molar-refractivity contribution in [2.24, 2.45) is 0 Å². The van der Waals surface area contributed by atoms with E-state index < -0.39 is 0 Å². The van der Waals surface area contributed by atoms with Gasteiger partial charge in [0.1, 0.15) is 0 Å². The van der Waals surface area contributed by atoms with Gasteiger partial charge in [-0.25, -0.2) is 0 Å². The second kappa shape index (κ2) is 11.0. The van der Waals surface area contributed by atoms with Gasteiger partial charge in [0.05, 0.1) is 13.2 Å². The third-order valence-electron chi connectivity index (χ3n) is 6.25. The van der Waals surface area contributed by atoms with Gasteiger partial charge in [0.15, 0.2) is 0 Å². The highest BCUT2D eigenvalue weighted by atomic mass is 35.5.